The Morgan fingerprint density at radius 3 is 2.50 bits per heavy atom. The summed E-state index contributed by atoms with van der Waals surface area (Å²) in [7, 11) is 0. The van der Waals surface area contributed by atoms with Gasteiger partial charge in [-0.05, 0) is 54.0 Å². The topological polar surface area (TPSA) is 62.1 Å². The van der Waals surface area contributed by atoms with Crippen LogP contribution in [0.4, 0.5) is 5.69 Å². The third-order valence-electron chi connectivity index (χ3n) is 4.41. The summed E-state index contributed by atoms with van der Waals surface area (Å²) in [4.78, 5) is 12.4. The number of benzene rings is 3. The first-order chi connectivity index (χ1) is 14.5. The van der Waals surface area contributed by atoms with E-state index in [-0.39, 0.29) is 10.6 Å². The van der Waals surface area contributed by atoms with Crippen molar-refractivity contribution in [1.82, 2.24) is 0 Å². The van der Waals surface area contributed by atoms with E-state index in [0.29, 0.717) is 28.6 Å². The maximum atomic E-state index is 12.4. The number of amides is 1. The molecule has 0 aliphatic rings. The van der Waals surface area contributed by atoms with Gasteiger partial charge in [0.25, 0.3) is 5.91 Å². The number of hydrogen-bond donors (Lipinski definition) is 1. The van der Waals surface area contributed by atoms with Crippen LogP contribution in [0.3, 0.4) is 0 Å². The van der Waals surface area contributed by atoms with Gasteiger partial charge >= 0.3 is 0 Å². The van der Waals surface area contributed by atoms with Crippen LogP contribution in [0.5, 0.6) is 5.75 Å². The lowest BCUT2D eigenvalue weighted by Gasteiger charge is -2.09. The molecule has 30 heavy (non-hydrogen) atoms. The molecule has 0 radical (unpaired) electrons. The molecule has 0 saturated carbocycles. The van der Waals surface area contributed by atoms with Gasteiger partial charge in [0.05, 0.1) is 15.7 Å². The lowest BCUT2D eigenvalue weighted by atomic mass is 10.1. The van der Waals surface area contributed by atoms with Crippen LogP contribution in [0, 0.1) is 18.3 Å². The number of halogens is 2. The maximum absolute atomic E-state index is 12.4. The number of nitriles is 1. The van der Waals surface area contributed by atoms with Crippen LogP contribution in [0.25, 0.3) is 6.08 Å². The fourth-order valence-corrected chi connectivity index (χ4v) is 3.05. The summed E-state index contributed by atoms with van der Waals surface area (Å²) in [6.07, 6.45) is 1.50. The van der Waals surface area contributed by atoms with Crippen molar-refractivity contribution >= 4 is 40.9 Å². The zero-order valence-corrected chi connectivity index (χ0v) is 17.7. The number of carbonyl (C=O) groups is 1. The van der Waals surface area contributed by atoms with Gasteiger partial charge < -0.3 is 10.1 Å². The molecule has 0 saturated heterocycles. The van der Waals surface area contributed by atoms with E-state index in [4.69, 9.17) is 27.9 Å². The quantitative estimate of drug-likeness (QED) is 0.357. The van der Waals surface area contributed by atoms with E-state index in [1.165, 1.54) is 11.6 Å². The fourth-order valence-electron chi connectivity index (χ4n) is 2.70. The molecule has 3 rings (SSSR count). The first kappa shape index (κ1) is 21.4. The molecule has 150 valence electrons. The summed E-state index contributed by atoms with van der Waals surface area (Å²) < 4.78 is 5.82. The SMILES string of the molecule is Cc1ccccc1COc1ccc(/C=C(\C#N)C(=O)Nc2cccc(Cl)c2Cl)cc1. The Labute approximate surface area is 185 Å². The van der Waals surface area contributed by atoms with Crippen LogP contribution in [0.2, 0.25) is 10.0 Å². The molecular formula is C24H18Cl2N2O2. The van der Waals surface area contributed by atoms with Gasteiger partial charge in [-0.3, -0.25) is 4.79 Å². The third kappa shape index (κ3) is 5.42. The molecule has 0 spiro atoms. The average molecular weight is 437 g/mol. The molecule has 0 unspecified atom stereocenters. The lowest BCUT2D eigenvalue weighted by molar-refractivity contribution is -0.112. The number of hydrogen-bond acceptors (Lipinski definition) is 3. The molecule has 6 heteroatoms. The van der Waals surface area contributed by atoms with Crippen molar-refractivity contribution < 1.29 is 9.53 Å². The summed E-state index contributed by atoms with van der Waals surface area (Å²) >= 11 is 12.0. The molecule has 0 bridgehead atoms. The summed E-state index contributed by atoms with van der Waals surface area (Å²) in [5.41, 5.74) is 3.27. The molecule has 0 aliphatic heterocycles. The monoisotopic (exact) mass is 436 g/mol. The highest BCUT2D eigenvalue weighted by atomic mass is 35.5. The van der Waals surface area contributed by atoms with Crippen molar-refractivity contribution in [2.75, 3.05) is 5.32 Å². The molecule has 1 amide bonds. The number of anilines is 1. The Balaban J connectivity index is 1.68. The van der Waals surface area contributed by atoms with Gasteiger partial charge in [0.1, 0.15) is 24.0 Å². The Morgan fingerprint density at radius 1 is 1.07 bits per heavy atom. The maximum Gasteiger partial charge on any atom is 0.266 e. The number of nitrogens with zero attached hydrogens (tertiary/aromatic N) is 1. The Hall–Kier alpha value is -3.26. The zero-order chi connectivity index (χ0) is 21.5. The first-order valence-electron chi connectivity index (χ1n) is 9.12. The Kier molecular flexibility index (Phi) is 7.13. The minimum Gasteiger partial charge on any atom is -0.489 e. The van der Waals surface area contributed by atoms with Crippen molar-refractivity contribution in [2.24, 2.45) is 0 Å². The van der Waals surface area contributed by atoms with Crippen LogP contribution < -0.4 is 10.1 Å². The highest BCUT2D eigenvalue weighted by Crippen LogP contribution is 2.29. The second-order valence-corrected chi connectivity index (χ2v) is 7.29. The normalized spacial score (nSPS) is 10.9. The van der Waals surface area contributed by atoms with Crippen LogP contribution in [0.15, 0.2) is 72.3 Å². The van der Waals surface area contributed by atoms with Gasteiger partial charge in [-0.15, -0.1) is 0 Å². The molecular weight excluding hydrogens is 419 g/mol. The highest BCUT2D eigenvalue weighted by Gasteiger charge is 2.13. The van der Waals surface area contributed by atoms with Crippen LogP contribution in [-0.2, 0) is 11.4 Å². The summed E-state index contributed by atoms with van der Waals surface area (Å²) in [5.74, 6) is 0.130. The van der Waals surface area contributed by atoms with E-state index in [9.17, 15) is 10.1 Å². The van der Waals surface area contributed by atoms with E-state index in [2.05, 4.69) is 5.32 Å². The number of rotatable bonds is 6. The van der Waals surface area contributed by atoms with Crippen LogP contribution in [0.1, 0.15) is 16.7 Å². The zero-order valence-electron chi connectivity index (χ0n) is 16.2. The van der Waals surface area contributed by atoms with E-state index >= 15 is 0 Å². The smallest absolute Gasteiger partial charge is 0.266 e. The third-order valence-corrected chi connectivity index (χ3v) is 5.23. The van der Waals surface area contributed by atoms with Gasteiger partial charge in [-0.2, -0.15) is 5.26 Å². The lowest BCUT2D eigenvalue weighted by Crippen LogP contribution is -2.13. The van der Waals surface area contributed by atoms with E-state index in [0.717, 1.165) is 5.56 Å². The van der Waals surface area contributed by atoms with E-state index in [1.54, 1.807) is 42.5 Å². The minimum atomic E-state index is -0.568. The average Bonchev–Trinajstić information content (AvgIpc) is 2.75. The van der Waals surface area contributed by atoms with E-state index < -0.39 is 5.91 Å². The second kappa shape index (κ2) is 9.98. The first-order valence-corrected chi connectivity index (χ1v) is 9.88. The summed E-state index contributed by atoms with van der Waals surface area (Å²) in [6.45, 7) is 2.51. The Bertz CT molecular complexity index is 1130. The van der Waals surface area contributed by atoms with Crippen molar-refractivity contribution in [3.63, 3.8) is 0 Å². The van der Waals surface area contributed by atoms with Gasteiger partial charge in [0.2, 0.25) is 0 Å². The minimum absolute atomic E-state index is 0.0559. The largest absolute Gasteiger partial charge is 0.489 e. The molecule has 0 fully saturated rings. The van der Waals surface area contributed by atoms with Gasteiger partial charge in [0.15, 0.2) is 0 Å². The molecule has 1 N–H and O–H groups in total. The predicted molar refractivity (Wildman–Crippen MR) is 121 cm³/mol. The number of nitrogens with one attached hydrogen (secondary N) is 1. The molecule has 0 aliphatic carbocycles. The predicted octanol–water partition coefficient (Wildman–Crippen LogP) is 6.43. The van der Waals surface area contributed by atoms with Gasteiger partial charge in [-0.1, -0.05) is 65.7 Å². The second-order valence-electron chi connectivity index (χ2n) is 6.51. The van der Waals surface area contributed by atoms with Crippen molar-refractivity contribution in [3.05, 3.63) is 99.0 Å². The molecule has 0 atom stereocenters. The van der Waals surface area contributed by atoms with Gasteiger partial charge in [0, 0.05) is 0 Å². The van der Waals surface area contributed by atoms with Crippen molar-refractivity contribution in [2.45, 2.75) is 13.5 Å². The number of aryl methyl sites for hydroxylation is 1. The number of carbonyl (C=O) groups excluding carboxylic acids is 1. The van der Waals surface area contributed by atoms with Crippen LogP contribution >= 0.6 is 23.2 Å². The number of ether oxygens (including phenoxy) is 1. The van der Waals surface area contributed by atoms with Crippen molar-refractivity contribution in [3.8, 4) is 11.8 Å². The summed E-state index contributed by atoms with van der Waals surface area (Å²) in [6, 6.07) is 22.0. The molecule has 0 aromatic heterocycles. The molecule has 4 nitrogen and oxygen atoms in total. The van der Waals surface area contributed by atoms with Crippen molar-refractivity contribution in [1.29, 1.82) is 5.26 Å². The molecule has 3 aromatic rings. The molecule has 0 heterocycles. The van der Waals surface area contributed by atoms with Crippen LogP contribution in [-0.4, -0.2) is 5.91 Å². The van der Waals surface area contributed by atoms with E-state index in [1.807, 2.05) is 37.3 Å². The fraction of sp³-hybridized carbons (Fsp3) is 0.0833. The highest BCUT2D eigenvalue weighted by molar-refractivity contribution is 6.44. The van der Waals surface area contributed by atoms with Gasteiger partial charge in [-0.25, -0.2) is 0 Å². The molecule has 3 aromatic carbocycles. The standard InChI is InChI=1S/C24H18Cl2N2O2/c1-16-5-2-3-6-18(16)15-30-20-11-9-17(10-12-20)13-19(14-27)24(29)28-22-8-4-7-21(25)23(22)26/h2-13H,15H2,1H3,(H,28,29)/b19-13+. The Morgan fingerprint density at radius 2 is 1.80 bits per heavy atom. The summed E-state index contributed by atoms with van der Waals surface area (Å²) in [5, 5.41) is 12.5.